The average molecular weight is 303 g/mol. The third-order valence-corrected chi connectivity index (χ3v) is 4.17. The molecule has 5 rings (SSSR count). The largest absolute Gasteiger partial charge is 0.395 e. The van der Waals surface area contributed by atoms with Gasteiger partial charge in [-0.05, 0) is 6.07 Å². The summed E-state index contributed by atoms with van der Waals surface area (Å²) in [4.78, 5) is 37.9. The van der Waals surface area contributed by atoms with Crippen LogP contribution in [0.25, 0.3) is 43.9 Å². The first kappa shape index (κ1) is 12.1. The average Bonchev–Trinajstić information content (AvgIpc) is 3.05. The molecule has 3 aromatic carbocycles. The van der Waals surface area contributed by atoms with Gasteiger partial charge in [0.1, 0.15) is 11.0 Å². The van der Waals surface area contributed by atoms with Gasteiger partial charge in [-0.2, -0.15) is 9.97 Å². The fraction of sp³-hybridized carbons (Fsp3) is 0. The Hall–Kier alpha value is -3.48. The molecule has 0 aliphatic rings. The summed E-state index contributed by atoms with van der Waals surface area (Å²) in [6, 6.07) is 9.08. The summed E-state index contributed by atoms with van der Waals surface area (Å²) in [6.07, 6.45) is 0. The van der Waals surface area contributed by atoms with Crippen molar-refractivity contribution in [2.45, 2.75) is 0 Å². The molecule has 7 nitrogen and oxygen atoms in total. The Labute approximate surface area is 127 Å². The van der Waals surface area contributed by atoms with Gasteiger partial charge in [0.25, 0.3) is 0 Å². The topological polar surface area (TPSA) is 118 Å². The number of anilines is 1. The summed E-state index contributed by atoms with van der Waals surface area (Å²) in [5, 5.41) is 1.48. The van der Waals surface area contributed by atoms with Gasteiger partial charge >= 0.3 is 5.69 Å². The molecule has 0 aliphatic carbocycles. The second kappa shape index (κ2) is 3.83. The number of hydrogen-bond acceptors (Lipinski definition) is 5. The molecule has 4 N–H and O–H groups in total. The third-order valence-electron chi connectivity index (χ3n) is 4.17. The molecule has 0 unspecified atom stereocenters. The lowest BCUT2D eigenvalue weighted by atomic mass is 10.2. The molecular weight excluding hydrogens is 294 g/mol. The Morgan fingerprint density at radius 2 is 1.70 bits per heavy atom. The number of nitrogen functional groups attached to an aromatic ring is 1. The molecule has 0 saturated heterocycles. The fourth-order valence-electron chi connectivity index (χ4n) is 3.13. The zero-order valence-electron chi connectivity index (χ0n) is 11.7. The summed E-state index contributed by atoms with van der Waals surface area (Å²) < 4.78 is 0. The summed E-state index contributed by atoms with van der Waals surface area (Å²) >= 11 is 0. The number of rotatable bonds is 0. The quantitative estimate of drug-likeness (QED) is 0.375. The van der Waals surface area contributed by atoms with Crippen LogP contribution in [0.15, 0.2) is 39.9 Å². The van der Waals surface area contributed by atoms with Crippen molar-refractivity contribution < 1.29 is 0 Å². The summed E-state index contributed by atoms with van der Waals surface area (Å²) in [7, 11) is 0. The lowest BCUT2D eigenvalue weighted by Gasteiger charge is -2.04. The van der Waals surface area contributed by atoms with Crippen LogP contribution in [0.1, 0.15) is 0 Å². The minimum Gasteiger partial charge on any atom is -0.395 e. The van der Waals surface area contributed by atoms with Gasteiger partial charge in [-0.15, -0.1) is 0 Å². The molecule has 7 heteroatoms. The second-order valence-electron chi connectivity index (χ2n) is 5.46. The predicted octanol–water partition coefficient (Wildman–Crippen LogP) is 1.49. The van der Waals surface area contributed by atoms with Gasteiger partial charge in [-0.25, -0.2) is 4.79 Å². The van der Waals surface area contributed by atoms with E-state index in [0.29, 0.717) is 44.2 Å². The third kappa shape index (κ3) is 1.43. The highest BCUT2D eigenvalue weighted by Gasteiger charge is 2.15. The van der Waals surface area contributed by atoms with E-state index in [1.165, 1.54) is 0 Å². The number of aromatic amines is 2. The van der Waals surface area contributed by atoms with E-state index in [2.05, 4.69) is 19.9 Å². The first-order chi connectivity index (χ1) is 11.1. The Bertz CT molecular complexity index is 1370. The Morgan fingerprint density at radius 3 is 2.52 bits per heavy atom. The first-order valence-electron chi connectivity index (χ1n) is 7.00. The van der Waals surface area contributed by atoms with E-state index in [4.69, 9.17) is 5.73 Å². The van der Waals surface area contributed by atoms with Gasteiger partial charge < -0.3 is 15.7 Å². The standard InChI is InChI=1S/C16H9N5O2/c17-10-12-8(5-9-13(10)21-16(23)19-9)18-11-6-3-1-2-4-7(6)15(22)14(11)20-12/h1-5,18,20H,17H2. The normalized spacial score (nSPS) is 12.0. The monoisotopic (exact) mass is 303 g/mol. The maximum Gasteiger partial charge on any atom is 0.368 e. The zero-order valence-corrected chi connectivity index (χ0v) is 11.7. The zero-order chi connectivity index (χ0) is 15.7. The number of nitrogens with two attached hydrogens (primary N) is 1. The summed E-state index contributed by atoms with van der Waals surface area (Å²) in [5.41, 5.74) is 8.88. The van der Waals surface area contributed by atoms with Crippen molar-refractivity contribution in [3.05, 3.63) is 51.0 Å². The van der Waals surface area contributed by atoms with Crippen molar-refractivity contribution >= 4 is 49.6 Å². The molecule has 0 radical (unpaired) electrons. The van der Waals surface area contributed by atoms with Crippen molar-refractivity contribution in [3.63, 3.8) is 0 Å². The van der Waals surface area contributed by atoms with Gasteiger partial charge in [0.15, 0.2) is 0 Å². The molecular formula is C16H9N5O2. The highest BCUT2D eigenvalue weighted by molar-refractivity contribution is 6.12. The molecule has 5 aromatic rings. The van der Waals surface area contributed by atoms with Crippen LogP contribution in [0.4, 0.5) is 5.69 Å². The fourth-order valence-corrected chi connectivity index (χ4v) is 3.13. The molecule has 0 bridgehead atoms. The van der Waals surface area contributed by atoms with E-state index in [-0.39, 0.29) is 5.43 Å². The van der Waals surface area contributed by atoms with E-state index < -0.39 is 5.69 Å². The van der Waals surface area contributed by atoms with E-state index in [0.717, 1.165) is 5.39 Å². The predicted molar refractivity (Wildman–Crippen MR) is 88.9 cm³/mol. The van der Waals surface area contributed by atoms with Crippen molar-refractivity contribution in [1.82, 2.24) is 19.9 Å². The van der Waals surface area contributed by atoms with E-state index in [1.54, 1.807) is 12.1 Å². The van der Waals surface area contributed by atoms with Gasteiger partial charge in [0, 0.05) is 10.8 Å². The maximum absolute atomic E-state index is 12.5. The lowest BCUT2D eigenvalue weighted by molar-refractivity contribution is 1.22. The second-order valence-corrected chi connectivity index (χ2v) is 5.46. The minimum absolute atomic E-state index is 0.0913. The van der Waals surface area contributed by atoms with E-state index in [9.17, 15) is 9.59 Å². The van der Waals surface area contributed by atoms with Crippen LogP contribution in [-0.4, -0.2) is 19.9 Å². The lowest BCUT2D eigenvalue weighted by Crippen LogP contribution is -2.00. The molecule has 0 fully saturated rings. The van der Waals surface area contributed by atoms with Crippen molar-refractivity contribution in [2.24, 2.45) is 0 Å². The van der Waals surface area contributed by atoms with Gasteiger partial charge in [0.05, 0.1) is 27.8 Å². The molecule has 0 amide bonds. The van der Waals surface area contributed by atoms with E-state index >= 15 is 0 Å². The number of nitrogens with one attached hydrogen (secondary N) is 2. The van der Waals surface area contributed by atoms with Crippen LogP contribution in [0.3, 0.4) is 0 Å². The number of benzene rings is 2. The molecule has 0 spiro atoms. The number of hydrogen-bond donors (Lipinski definition) is 3. The molecule has 0 saturated carbocycles. The molecule has 23 heavy (non-hydrogen) atoms. The SMILES string of the molecule is Nc1c2nc(=O)nc2cc2[nH]c3c([nH]c12)c(=O)c1ccccc13. The number of imidazole rings is 1. The van der Waals surface area contributed by atoms with Gasteiger partial charge in [-0.3, -0.25) is 4.79 Å². The van der Waals surface area contributed by atoms with E-state index in [1.807, 2.05) is 18.2 Å². The minimum atomic E-state index is -0.573. The highest BCUT2D eigenvalue weighted by atomic mass is 16.1. The first-order valence-corrected chi connectivity index (χ1v) is 7.00. The van der Waals surface area contributed by atoms with Crippen LogP contribution < -0.4 is 16.9 Å². The van der Waals surface area contributed by atoms with Crippen LogP contribution in [-0.2, 0) is 0 Å². The smallest absolute Gasteiger partial charge is 0.368 e. The van der Waals surface area contributed by atoms with Crippen molar-refractivity contribution in [1.29, 1.82) is 0 Å². The maximum atomic E-state index is 12.5. The summed E-state index contributed by atoms with van der Waals surface area (Å²) in [5.74, 6) is 0. The number of H-pyrrole nitrogens is 2. The Morgan fingerprint density at radius 1 is 0.913 bits per heavy atom. The molecule has 2 aromatic heterocycles. The number of fused-ring (bicyclic) bond motifs is 5. The number of aromatic nitrogens is 4. The molecule has 2 heterocycles. The molecule has 0 atom stereocenters. The van der Waals surface area contributed by atoms with Crippen molar-refractivity contribution in [3.8, 4) is 0 Å². The summed E-state index contributed by atoms with van der Waals surface area (Å²) in [6.45, 7) is 0. The van der Waals surface area contributed by atoms with Crippen molar-refractivity contribution in [2.75, 3.05) is 5.73 Å². The van der Waals surface area contributed by atoms with Gasteiger partial charge in [0.2, 0.25) is 5.43 Å². The molecule has 110 valence electrons. The van der Waals surface area contributed by atoms with Crippen LogP contribution >= 0.6 is 0 Å². The molecule has 0 aliphatic heterocycles. The van der Waals surface area contributed by atoms with Gasteiger partial charge in [-0.1, -0.05) is 24.3 Å². The van der Waals surface area contributed by atoms with Crippen LogP contribution in [0.2, 0.25) is 0 Å². The highest BCUT2D eigenvalue weighted by Crippen LogP contribution is 2.29. The van der Waals surface area contributed by atoms with Crippen LogP contribution in [0.5, 0.6) is 0 Å². The van der Waals surface area contributed by atoms with Crippen LogP contribution in [0, 0.1) is 0 Å². The Balaban J connectivity index is 2.09. The number of nitrogens with zero attached hydrogens (tertiary/aromatic N) is 2. The Kier molecular flexibility index (Phi) is 2.02.